The monoisotopic (exact) mass is 340 g/mol. The summed E-state index contributed by atoms with van der Waals surface area (Å²) in [5.41, 5.74) is 0.789. The molecular formula is C15H14Cl2N2O3. The van der Waals surface area contributed by atoms with Crippen LogP contribution in [0, 0.1) is 0 Å². The number of methoxy groups -OCH3 is 1. The number of pyridine rings is 1. The lowest BCUT2D eigenvalue weighted by Gasteiger charge is -2.13. The van der Waals surface area contributed by atoms with E-state index >= 15 is 0 Å². The number of aromatic nitrogens is 1. The van der Waals surface area contributed by atoms with E-state index in [4.69, 9.17) is 32.7 Å². The Labute approximate surface area is 138 Å². The SMILES string of the molecule is CCOc1ccc(OC)cc1NC(=O)c1cnc(Cl)c(Cl)c1. The minimum absolute atomic E-state index is 0.148. The number of halogens is 2. The number of carbonyl (C=O) groups is 1. The maximum absolute atomic E-state index is 12.3. The molecule has 0 saturated heterocycles. The topological polar surface area (TPSA) is 60.5 Å². The second-order valence-corrected chi connectivity index (χ2v) is 5.01. The van der Waals surface area contributed by atoms with Gasteiger partial charge in [-0.3, -0.25) is 4.79 Å². The van der Waals surface area contributed by atoms with E-state index in [2.05, 4.69) is 10.3 Å². The number of nitrogens with zero attached hydrogens (tertiary/aromatic N) is 1. The third kappa shape index (κ3) is 3.81. The molecule has 0 aliphatic heterocycles. The molecule has 0 aliphatic carbocycles. The number of anilines is 1. The van der Waals surface area contributed by atoms with Crippen LogP contribution >= 0.6 is 23.2 Å². The van der Waals surface area contributed by atoms with Gasteiger partial charge in [-0.1, -0.05) is 23.2 Å². The van der Waals surface area contributed by atoms with Crippen molar-refractivity contribution in [3.63, 3.8) is 0 Å². The minimum atomic E-state index is -0.375. The number of nitrogens with one attached hydrogen (secondary N) is 1. The molecule has 0 atom stereocenters. The number of rotatable bonds is 5. The molecule has 7 heteroatoms. The summed E-state index contributed by atoms with van der Waals surface area (Å²) in [5.74, 6) is 0.774. The summed E-state index contributed by atoms with van der Waals surface area (Å²) < 4.78 is 10.6. The third-order valence-corrected chi connectivity index (χ3v) is 3.48. The predicted octanol–water partition coefficient (Wildman–Crippen LogP) is 4.05. The van der Waals surface area contributed by atoms with E-state index in [0.29, 0.717) is 29.4 Å². The van der Waals surface area contributed by atoms with E-state index in [-0.39, 0.29) is 16.1 Å². The maximum Gasteiger partial charge on any atom is 0.257 e. The number of ether oxygens (including phenoxy) is 2. The molecule has 22 heavy (non-hydrogen) atoms. The van der Waals surface area contributed by atoms with Gasteiger partial charge in [-0.15, -0.1) is 0 Å². The van der Waals surface area contributed by atoms with Gasteiger partial charge in [0.1, 0.15) is 16.7 Å². The summed E-state index contributed by atoms with van der Waals surface area (Å²) in [5, 5.41) is 3.11. The van der Waals surface area contributed by atoms with Gasteiger partial charge in [0.05, 0.1) is 30.0 Å². The van der Waals surface area contributed by atoms with Crippen molar-refractivity contribution < 1.29 is 14.3 Å². The van der Waals surface area contributed by atoms with Crippen LogP contribution in [0.5, 0.6) is 11.5 Å². The van der Waals surface area contributed by atoms with Crippen LogP contribution in [0.15, 0.2) is 30.5 Å². The van der Waals surface area contributed by atoms with Gasteiger partial charge in [-0.2, -0.15) is 0 Å². The van der Waals surface area contributed by atoms with Crippen molar-refractivity contribution in [3.8, 4) is 11.5 Å². The summed E-state index contributed by atoms with van der Waals surface area (Å²) in [7, 11) is 1.55. The van der Waals surface area contributed by atoms with E-state index in [9.17, 15) is 4.79 Å². The molecule has 0 radical (unpaired) electrons. The van der Waals surface area contributed by atoms with E-state index in [1.165, 1.54) is 12.3 Å². The number of hydrogen-bond acceptors (Lipinski definition) is 4. The number of carbonyl (C=O) groups excluding carboxylic acids is 1. The molecule has 0 unspecified atom stereocenters. The van der Waals surface area contributed by atoms with Crippen molar-refractivity contribution in [2.45, 2.75) is 6.92 Å². The lowest BCUT2D eigenvalue weighted by Crippen LogP contribution is -2.13. The highest BCUT2D eigenvalue weighted by Gasteiger charge is 2.13. The summed E-state index contributed by atoms with van der Waals surface area (Å²) in [6, 6.07) is 6.60. The van der Waals surface area contributed by atoms with Gasteiger partial charge in [0, 0.05) is 12.3 Å². The van der Waals surface area contributed by atoms with Gasteiger partial charge in [0.2, 0.25) is 0 Å². The maximum atomic E-state index is 12.3. The number of amides is 1. The van der Waals surface area contributed by atoms with Crippen LogP contribution in [0.4, 0.5) is 5.69 Å². The fraction of sp³-hybridized carbons (Fsp3) is 0.200. The van der Waals surface area contributed by atoms with Gasteiger partial charge in [-0.25, -0.2) is 4.98 Å². The Bertz CT molecular complexity index is 692. The van der Waals surface area contributed by atoms with Gasteiger partial charge in [-0.05, 0) is 25.1 Å². The molecule has 0 saturated carbocycles. The number of benzene rings is 1. The third-order valence-electron chi connectivity index (χ3n) is 2.79. The Hall–Kier alpha value is -1.98. The molecule has 5 nitrogen and oxygen atoms in total. The standard InChI is InChI=1S/C15H14Cl2N2O3/c1-3-22-13-5-4-10(21-2)7-12(13)19-15(20)9-6-11(16)14(17)18-8-9/h4-8H,3H2,1-2H3,(H,19,20). The zero-order chi connectivity index (χ0) is 16.1. The first-order valence-electron chi connectivity index (χ1n) is 6.48. The Balaban J connectivity index is 2.28. The summed E-state index contributed by atoms with van der Waals surface area (Å²) in [6.45, 7) is 2.34. The van der Waals surface area contributed by atoms with Gasteiger partial charge in [0.15, 0.2) is 0 Å². The van der Waals surface area contributed by atoms with E-state index < -0.39 is 0 Å². The van der Waals surface area contributed by atoms with Crippen LogP contribution in [0.1, 0.15) is 17.3 Å². The van der Waals surface area contributed by atoms with Gasteiger partial charge in [0.25, 0.3) is 5.91 Å². The van der Waals surface area contributed by atoms with Crippen molar-refractivity contribution in [1.29, 1.82) is 0 Å². The molecule has 1 aromatic heterocycles. The first kappa shape index (κ1) is 16.4. The quantitative estimate of drug-likeness (QED) is 0.834. The van der Waals surface area contributed by atoms with Gasteiger partial charge >= 0.3 is 0 Å². The molecule has 2 aromatic rings. The normalized spacial score (nSPS) is 10.2. The molecule has 0 fully saturated rings. The average molecular weight is 341 g/mol. The lowest BCUT2D eigenvalue weighted by molar-refractivity contribution is 0.102. The fourth-order valence-electron chi connectivity index (χ4n) is 1.75. The molecule has 0 aliphatic rings. The van der Waals surface area contributed by atoms with E-state index in [1.54, 1.807) is 25.3 Å². The second-order valence-electron chi connectivity index (χ2n) is 4.25. The van der Waals surface area contributed by atoms with Crippen LogP contribution in [0.3, 0.4) is 0 Å². The van der Waals surface area contributed by atoms with Crippen LogP contribution in [-0.4, -0.2) is 24.6 Å². The zero-order valence-electron chi connectivity index (χ0n) is 12.0. The minimum Gasteiger partial charge on any atom is -0.497 e. The molecule has 2 rings (SSSR count). The molecule has 1 N–H and O–H groups in total. The first-order valence-corrected chi connectivity index (χ1v) is 7.24. The highest BCUT2D eigenvalue weighted by atomic mass is 35.5. The fourth-order valence-corrected chi connectivity index (χ4v) is 2.02. The van der Waals surface area contributed by atoms with Crippen molar-refractivity contribution in [1.82, 2.24) is 4.98 Å². The molecule has 0 spiro atoms. The van der Waals surface area contributed by atoms with Crippen molar-refractivity contribution >= 4 is 34.8 Å². The Morgan fingerprint density at radius 2 is 2.09 bits per heavy atom. The van der Waals surface area contributed by atoms with Crippen LogP contribution in [0.2, 0.25) is 10.2 Å². The van der Waals surface area contributed by atoms with Crippen LogP contribution in [0.25, 0.3) is 0 Å². The molecular weight excluding hydrogens is 327 g/mol. The molecule has 1 amide bonds. The number of hydrogen-bond donors (Lipinski definition) is 1. The van der Waals surface area contributed by atoms with Gasteiger partial charge < -0.3 is 14.8 Å². The van der Waals surface area contributed by atoms with E-state index in [0.717, 1.165) is 0 Å². The van der Waals surface area contributed by atoms with Crippen molar-refractivity contribution in [2.75, 3.05) is 19.0 Å². The molecule has 116 valence electrons. The first-order chi connectivity index (χ1) is 10.5. The smallest absolute Gasteiger partial charge is 0.257 e. The summed E-state index contributed by atoms with van der Waals surface area (Å²) >= 11 is 11.6. The predicted molar refractivity (Wildman–Crippen MR) is 86.4 cm³/mol. The summed E-state index contributed by atoms with van der Waals surface area (Å²) in [6.07, 6.45) is 1.35. The zero-order valence-corrected chi connectivity index (χ0v) is 13.5. The second kappa shape index (κ2) is 7.33. The Morgan fingerprint density at radius 1 is 1.32 bits per heavy atom. The lowest BCUT2D eigenvalue weighted by atomic mass is 10.2. The molecule has 1 heterocycles. The van der Waals surface area contributed by atoms with Crippen molar-refractivity contribution in [3.05, 3.63) is 46.2 Å². The van der Waals surface area contributed by atoms with Crippen LogP contribution < -0.4 is 14.8 Å². The largest absolute Gasteiger partial charge is 0.497 e. The highest BCUT2D eigenvalue weighted by molar-refractivity contribution is 6.41. The highest BCUT2D eigenvalue weighted by Crippen LogP contribution is 2.30. The van der Waals surface area contributed by atoms with E-state index in [1.807, 2.05) is 6.92 Å². The van der Waals surface area contributed by atoms with Crippen molar-refractivity contribution in [2.24, 2.45) is 0 Å². The summed E-state index contributed by atoms with van der Waals surface area (Å²) in [4.78, 5) is 16.1. The molecule has 1 aromatic carbocycles. The molecule has 0 bridgehead atoms. The Kier molecular flexibility index (Phi) is 5.46. The van der Waals surface area contributed by atoms with Crippen LogP contribution in [-0.2, 0) is 0 Å². The average Bonchev–Trinajstić information content (AvgIpc) is 2.51. The Morgan fingerprint density at radius 3 is 2.73 bits per heavy atom.